The minimum atomic E-state index is -0.870. The molecule has 0 fully saturated rings. The first-order chi connectivity index (χ1) is 7.18. The highest BCUT2D eigenvalue weighted by Gasteiger charge is 2.17. The predicted molar refractivity (Wildman–Crippen MR) is 54.0 cm³/mol. The molecule has 0 aliphatic carbocycles. The van der Waals surface area contributed by atoms with Gasteiger partial charge in [0.15, 0.2) is 11.9 Å². The Kier molecular flexibility index (Phi) is 2.47. The van der Waals surface area contributed by atoms with E-state index in [1.807, 2.05) is 14.0 Å². The maximum Gasteiger partial charge on any atom is 0.171 e. The Hall–Kier alpha value is -1.75. The van der Waals surface area contributed by atoms with E-state index in [9.17, 15) is 5.11 Å². The van der Waals surface area contributed by atoms with Crippen LogP contribution in [0.3, 0.4) is 0 Å². The first kappa shape index (κ1) is 9.79. The highest BCUT2D eigenvalue weighted by molar-refractivity contribution is 5.10. The topological polar surface area (TPSA) is 63.8 Å². The quantitative estimate of drug-likeness (QED) is 0.778. The zero-order chi connectivity index (χ0) is 10.8. The molecule has 0 saturated heterocycles. The summed E-state index contributed by atoms with van der Waals surface area (Å²) in [6, 6.07) is 0. The van der Waals surface area contributed by atoms with E-state index in [0.717, 1.165) is 5.56 Å². The van der Waals surface area contributed by atoms with Crippen LogP contribution in [0, 0.1) is 6.92 Å². The van der Waals surface area contributed by atoms with Crippen LogP contribution in [0.4, 0.5) is 0 Å². The Bertz CT molecular complexity index is 449. The number of hydrogen-bond acceptors (Lipinski definition) is 4. The van der Waals surface area contributed by atoms with E-state index in [-0.39, 0.29) is 0 Å². The fourth-order valence-electron chi connectivity index (χ4n) is 1.30. The van der Waals surface area contributed by atoms with Crippen molar-refractivity contribution < 1.29 is 5.11 Å². The summed E-state index contributed by atoms with van der Waals surface area (Å²) >= 11 is 0. The van der Waals surface area contributed by atoms with Crippen LogP contribution in [-0.4, -0.2) is 24.6 Å². The summed E-state index contributed by atoms with van der Waals surface area (Å²) < 4.78 is 1.74. The van der Waals surface area contributed by atoms with Gasteiger partial charge in [0.25, 0.3) is 0 Å². The maximum atomic E-state index is 9.94. The SMILES string of the molecule is Cc1cnc(C(O)c2nccn2C)nc1. The number of aliphatic hydroxyl groups is 1. The molecule has 0 bridgehead atoms. The molecule has 2 aromatic rings. The number of imidazole rings is 1. The lowest BCUT2D eigenvalue weighted by atomic mass is 10.3. The number of rotatable bonds is 2. The average molecular weight is 204 g/mol. The minimum Gasteiger partial charge on any atom is -0.377 e. The van der Waals surface area contributed by atoms with E-state index in [0.29, 0.717) is 11.6 Å². The normalized spacial score (nSPS) is 12.7. The molecule has 0 saturated carbocycles. The smallest absolute Gasteiger partial charge is 0.171 e. The molecule has 2 rings (SSSR count). The Morgan fingerprint density at radius 2 is 1.93 bits per heavy atom. The lowest BCUT2D eigenvalue weighted by molar-refractivity contribution is 0.196. The number of nitrogens with zero attached hydrogens (tertiary/aromatic N) is 4. The van der Waals surface area contributed by atoms with E-state index < -0.39 is 6.10 Å². The number of hydrogen-bond donors (Lipinski definition) is 1. The van der Waals surface area contributed by atoms with Crippen LogP contribution in [0.2, 0.25) is 0 Å². The second kappa shape index (κ2) is 3.78. The van der Waals surface area contributed by atoms with Crippen molar-refractivity contribution >= 4 is 0 Å². The van der Waals surface area contributed by atoms with Crippen LogP contribution >= 0.6 is 0 Å². The van der Waals surface area contributed by atoms with Gasteiger partial charge in [0, 0.05) is 31.8 Å². The largest absolute Gasteiger partial charge is 0.377 e. The van der Waals surface area contributed by atoms with E-state index >= 15 is 0 Å². The van der Waals surface area contributed by atoms with Gasteiger partial charge in [0.05, 0.1) is 0 Å². The fraction of sp³-hybridized carbons (Fsp3) is 0.300. The molecule has 0 aromatic carbocycles. The van der Waals surface area contributed by atoms with Gasteiger partial charge in [-0.3, -0.25) is 0 Å². The van der Waals surface area contributed by atoms with Crippen LogP contribution in [0.25, 0.3) is 0 Å². The van der Waals surface area contributed by atoms with E-state index in [4.69, 9.17) is 0 Å². The van der Waals surface area contributed by atoms with Gasteiger partial charge in [-0.1, -0.05) is 0 Å². The number of aromatic nitrogens is 4. The van der Waals surface area contributed by atoms with Gasteiger partial charge >= 0.3 is 0 Å². The molecule has 0 aliphatic heterocycles. The van der Waals surface area contributed by atoms with Crippen LogP contribution < -0.4 is 0 Å². The Morgan fingerprint density at radius 1 is 1.27 bits per heavy atom. The second-order valence-electron chi connectivity index (χ2n) is 3.42. The van der Waals surface area contributed by atoms with Gasteiger partial charge in [-0.05, 0) is 12.5 Å². The molecular weight excluding hydrogens is 192 g/mol. The van der Waals surface area contributed by atoms with Crippen molar-refractivity contribution in [3.05, 3.63) is 42.0 Å². The molecule has 0 amide bonds. The second-order valence-corrected chi connectivity index (χ2v) is 3.42. The molecule has 15 heavy (non-hydrogen) atoms. The molecule has 0 radical (unpaired) electrons. The number of aliphatic hydroxyl groups excluding tert-OH is 1. The van der Waals surface area contributed by atoms with Crippen molar-refractivity contribution in [3.8, 4) is 0 Å². The Labute approximate surface area is 87.5 Å². The molecular formula is C10H12N4O. The zero-order valence-corrected chi connectivity index (χ0v) is 8.62. The minimum absolute atomic E-state index is 0.370. The predicted octanol–water partition coefficient (Wildman–Crippen LogP) is 0.600. The molecule has 5 heteroatoms. The van der Waals surface area contributed by atoms with Crippen molar-refractivity contribution in [2.75, 3.05) is 0 Å². The third-order valence-electron chi connectivity index (χ3n) is 2.15. The van der Waals surface area contributed by atoms with E-state index in [1.165, 1.54) is 0 Å². The molecule has 0 spiro atoms. The summed E-state index contributed by atoms with van der Waals surface area (Å²) in [5, 5.41) is 9.94. The molecule has 5 nitrogen and oxygen atoms in total. The fourth-order valence-corrected chi connectivity index (χ4v) is 1.30. The van der Waals surface area contributed by atoms with Gasteiger partial charge < -0.3 is 9.67 Å². The first-order valence-electron chi connectivity index (χ1n) is 4.62. The van der Waals surface area contributed by atoms with Gasteiger partial charge in [-0.15, -0.1) is 0 Å². The standard InChI is InChI=1S/C10H12N4O/c1-7-5-12-9(13-6-7)8(15)10-11-3-4-14(10)2/h3-6,8,15H,1-2H3. The van der Waals surface area contributed by atoms with Gasteiger partial charge in [0.2, 0.25) is 0 Å². The first-order valence-corrected chi connectivity index (χ1v) is 4.62. The highest BCUT2D eigenvalue weighted by Crippen LogP contribution is 2.15. The summed E-state index contributed by atoms with van der Waals surface area (Å²) in [6.07, 6.45) is 5.88. The van der Waals surface area contributed by atoms with Crippen LogP contribution in [-0.2, 0) is 7.05 Å². The molecule has 1 unspecified atom stereocenters. The molecule has 1 atom stereocenters. The highest BCUT2D eigenvalue weighted by atomic mass is 16.3. The molecule has 2 heterocycles. The molecule has 78 valence electrons. The van der Waals surface area contributed by atoms with Crippen LogP contribution in [0.5, 0.6) is 0 Å². The average Bonchev–Trinajstić information content (AvgIpc) is 2.65. The van der Waals surface area contributed by atoms with Crippen molar-refractivity contribution in [2.24, 2.45) is 7.05 Å². The van der Waals surface area contributed by atoms with E-state index in [2.05, 4.69) is 15.0 Å². The monoisotopic (exact) mass is 204 g/mol. The van der Waals surface area contributed by atoms with Crippen molar-refractivity contribution in [1.29, 1.82) is 0 Å². The van der Waals surface area contributed by atoms with Gasteiger partial charge in [-0.2, -0.15) is 0 Å². The van der Waals surface area contributed by atoms with Crippen molar-refractivity contribution in [2.45, 2.75) is 13.0 Å². The zero-order valence-electron chi connectivity index (χ0n) is 8.62. The summed E-state index contributed by atoms with van der Waals surface area (Å²) in [7, 11) is 1.82. The maximum absolute atomic E-state index is 9.94. The van der Waals surface area contributed by atoms with E-state index in [1.54, 1.807) is 29.4 Å². The summed E-state index contributed by atoms with van der Waals surface area (Å²) in [5.74, 6) is 0.911. The van der Waals surface area contributed by atoms with Crippen LogP contribution in [0.1, 0.15) is 23.3 Å². The van der Waals surface area contributed by atoms with Gasteiger partial charge in [-0.25, -0.2) is 15.0 Å². The molecule has 2 aromatic heterocycles. The molecule has 1 N–H and O–H groups in total. The summed E-state index contributed by atoms with van der Waals surface area (Å²) in [4.78, 5) is 12.2. The lowest BCUT2D eigenvalue weighted by Gasteiger charge is -2.08. The Morgan fingerprint density at radius 3 is 2.47 bits per heavy atom. The van der Waals surface area contributed by atoms with Crippen LogP contribution in [0.15, 0.2) is 24.8 Å². The third kappa shape index (κ3) is 1.87. The number of aryl methyl sites for hydroxylation is 2. The van der Waals surface area contributed by atoms with Gasteiger partial charge in [0.1, 0.15) is 5.82 Å². The van der Waals surface area contributed by atoms with Crippen molar-refractivity contribution in [3.63, 3.8) is 0 Å². The summed E-state index contributed by atoms with van der Waals surface area (Å²) in [5.41, 5.74) is 0.964. The lowest BCUT2D eigenvalue weighted by Crippen LogP contribution is -2.10. The Balaban J connectivity index is 2.32. The third-order valence-corrected chi connectivity index (χ3v) is 2.15. The molecule has 0 aliphatic rings. The summed E-state index contributed by atoms with van der Waals surface area (Å²) in [6.45, 7) is 1.90. The van der Waals surface area contributed by atoms with Crippen molar-refractivity contribution in [1.82, 2.24) is 19.5 Å².